The Morgan fingerprint density at radius 1 is 1.16 bits per heavy atom. The van der Waals surface area contributed by atoms with Crippen LogP contribution < -0.4 is 4.72 Å². The number of hydrogen-bond donors (Lipinski definition) is 1. The lowest BCUT2D eigenvalue weighted by Crippen LogP contribution is -2.36. The second kappa shape index (κ2) is 12.0. The number of amides is 1. The predicted molar refractivity (Wildman–Crippen MR) is 108 cm³/mol. The number of ether oxygens (including phenoxy) is 2. The van der Waals surface area contributed by atoms with Gasteiger partial charge in [-0.1, -0.05) is 0 Å². The minimum Gasteiger partial charge on any atom is -0.452 e. The zero-order valence-electron chi connectivity index (χ0n) is 17.0. The van der Waals surface area contributed by atoms with Gasteiger partial charge in [0.1, 0.15) is 0 Å². The van der Waals surface area contributed by atoms with E-state index in [1.807, 2.05) is 12.1 Å². The molecule has 0 aliphatic carbocycles. The molecule has 166 valence electrons. The minimum absolute atomic E-state index is 0.00249. The Labute approximate surface area is 181 Å². The van der Waals surface area contributed by atoms with Crippen molar-refractivity contribution < 1.29 is 27.5 Å². The number of benzene rings is 1. The summed E-state index contributed by atoms with van der Waals surface area (Å²) >= 11 is 0. The molecule has 1 unspecified atom stereocenters. The molecule has 0 bridgehead atoms. The number of nitriles is 2. The first kappa shape index (κ1) is 24.3. The summed E-state index contributed by atoms with van der Waals surface area (Å²) in [6.07, 6.45) is 1.77. The summed E-state index contributed by atoms with van der Waals surface area (Å²) in [6.45, 7) is 0.543. The number of hydrogen-bond acceptors (Lipinski definition) is 8. The molecule has 1 aromatic carbocycles. The smallest absolute Gasteiger partial charge is 0.338 e. The van der Waals surface area contributed by atoms with Crippen molar-refractivity contribution in [2.24, 2.45) is 0 Å². The fourth-order valence-corrected chi connectivity index (χ4v) is 3.96. The van der Waals surface area contributed by atoms with Crippen molar-refractivity contribution >= 4 is 21.9 Å². The van der Waals surface area contributed by atoms with E-state index in [9.17, 15) is 18.0 Å². The summed E-state index contributed by atoms with van der Waals surface area (Å²) < 4.78 is 37.6. The van der Waals surface area contributed by atoms with Gasteiger partial charge in [-0.3, -0.25) is 4.79 Å². The molecule has 2 rings (SSSR count). The fraction of sp³-hybridized carbons (Fsp3) is 0.500. The Hall–Kier alpha value is -2.99. The van der Waals surface area contributed by atoms with E-state index in [4.69, 9.17) is 20.0 Å². The number of nitrogens with zero attached hydrogens (tertiary/aromatic N) is 3. The SMILES string of the molecule is N#CCCN(CCC#N)C(=O)COC(=O)c1ccc(S(=O)(=O)NCC2CCCO2)cc1. The van der Waals surface area contributed by atoms with Gasteiger partial charge in [-0.2, -0.15) is 10.5 Å². The number of carbonyl (C=O) groups is 2. The summed E-state index contributed by atoms with van der Waals surface area (Å²) in [5.41, 5.74) is 0.0893. The molecule has 1 aromatic rings. The summed E-state index contributed by atoms with van der Waals surface area (Å²) in [7, 11) is -3.74. The highest BCUT2D eigenvalue weighted by Crippen LogP contribution is 2.14. The monoisotopic (exact) mass is 448 g/mol. The first-order valence-electron chi connectivity index (χ1n) is 9.77. The van der Waals surface area contributed by atoms with Crippen molar-refractivity contribution in [3.63, 3.8) is 0 Å². The largest absolute Gasteiger partial charge is 0.452 e. The van der Waals surface area contributed by atoms with Crippen LogP contribution in [0.15, 0.2) is 29.2 Å². The van der Waals surface area contributed by atoms with Crippen molar-refractivity contribution in [1.29, 1.82) is 10.5 Å². The molecule has 1 atom stereocenters. The molecule has 1 fully saturated rings. The predicted octanol–water partition coefficient (Wildman–Crippen LogP) is 0.957. The molecule has 1 aliphatic heterocycles. The molecule has 1 heterocycles. The molecule has 0 aromatic heterocycles. The van der Waals surface area contributed by atoms with Gasteiger partial charge in [-0.05, 0) is 37.1 Å². The van der Waals surface area contributed by atoms with E-state index >= 15 is 0 Å². The van der Waals surface area contributed by atoms with Crippen molar-refractivity contribution in [1.82, 2.24) is 9.62 Å². The molecule has 1 saturated heterocycles. The number of rotatable bonds is 11. The molecule has 10 nitrogen and oxygen atoms in total. The van der Waals surface area contributed by atoms with Crippen LogP contribution in [0.4, 0.5) is 0 Å². The van der Waals surface area contributed by atoms with Crippen LogP contribution in [0, 0.1) is 22.7 Å². The van der Waals surface area contributed by atoms with Crippen LogP contribution in [0.25, 0.3) is 0 Å². The van der Waals surface area contributed by atoms with Gasteiger partial charge in [-0.25, -0.2) is 17.9 Å². The zero-order chi connectivity index (χ0) is 22.7. The molecule has 1 N–H and O–H groups in total. The van der Waals surface area contributed by atoms with E-state index in [0.29, 0.717) is 6.61 Å². The number of esters is 1. The maximum Gasteiger partial charge on any atom is 0.338 e. The van der Waals surface area contributed by atoms with Gasteiger partial charge < -0.3 is 14.4 Å². The highest BCUT2D eigenvalue weighted by molar-refractivity contribution is 7.89. The van der Waals surface area contributed by atoms with Crippen LogP contribution in [0.1, 0.15) is 36.0 Å². The third-order valence-electron chi connectivity index (χ3n) is 4.59. The molecular formula is C20H24N4O6S. The summed E-state index contributed by atoms with van der Waals surface area (Å²) in [4.78, 5) is 25.7. The minimum atomic E-state index is -3.74. The van der Waals surface area contributed by atoms with Crippen molar-refractivity contribution in [2.45, 2.75) is 36.7 Å². The van der Waals surface area contributed by atoms with E-state index in [-0.39, 0.29) is 49.0 Å². The van der Waals surface area contributed by atoms with E-state index in [2.05, 4.69) is 4.72 Å². The fourth-order valence-electron chi connectivity index (χ4n) is 2.89. The van der Waals surface area contributed by atoms with Crippen molar-refractivity contribution in [3.05, 3.63) is 29.8 Å². The Balaban J connectivity index is 1.89. The van der Waals surface area contributed by atoms with E-state index < -0.39 is 28.5 Å². The molecule has 0 saturated carbocycles. The Morgan fingerprint density at radius 2 is 1.81 bits per heavy atom. The lowest BCUT2D eigenvalue weighted by molar-refractivity contribution is -0.134. The van der Waals surface area contributed by atoms with Crippen LogP contribution in [0.3, 0.4) is 0 Å². The first-order valence-corrected chi connectivity index (χ1v) is 11.3. The molecule has 0 spiro atoms. The molecular weight excluding hydrogens is 424 g/mol. The topological polar surface area (TPSA) is 150 Å². The van der Waals surface area contributed by atoms with Crippen LogP contribution in [-0.4, -0.2) is 64.1 Å². The Morgan fingerprint density at radius 3 is 2.35 bits per heavy atom. The van der Waals surface area contributed by atoms with Gasteiger partial charge in [0, 0.05) is 26.2 Å². The van der Waals surface area contributed by atoms with Crippen molar-refractivity contribution in [3.8, 4) is 12.1 Å². The maximum absolute atomic E-state index is 12.4. The standard InChI is InChI=1S/C20H24N4O6S/c21-9-2-11-24(12-3-10-22)19(25)15-30-20(26)16-5-7-18(8-6-16)31(27,28)23-14-17-4-1-13-29-17/h5-8,17,23H,1-4,11-15H2. The summed E-state index contributed by atoms with van der Waals surface area (Å²) in [5.74, 6) is -1.30. The van der Waals surface area contributed by atoms with Crippen LogP contribution in [-0.2, 0) is 24.3 Å². The Bertz CT molecular complexity index is 925. The average molecular weight is 449 g/mol. The van der Waals surface area contributed by atoms with E-state index in [0.717, 1.165) is 12.8 Å². The van der Waals surface area contributed by atoms with Crippen LogP contribution in [0.2, 0.25) is 0 Å². The lowest BCUT2D eigenvalue weighted by atomic mass is 10.2. The van der Waals surface area contributed by atoms with Gasteiger partial charge >= 0.3 is 5.97 Å². The normalized spacial score (nSPS) is 15.6. The van der Waals surface area contributed by atoms with E-state index in [1.54, 1.807) is 0 Å². The summed E-state index contributed by atoms with van der Waals surface area (Å²) in [6, 6.07) is 9.00. The zero-order valence-corrected chi connectivity index (χ0v) is 17.8. The van der Waals surface area contributed by atoms with Gasteiger partial charge in [0.2, 0.25) is 10.0 Å². The average Bonchev–Trinajstić information content (AvgIpc) is 3.30. The third kappa shape index (κ3) is 7.64. The third-order valence-corrected chi connectivity index (χ3v) is 6.03. The second-order valence-corrected chi connectivity index (χ2v) is 8.55. The highest BCUT2D eigenvalue weighted by atomic mass is 32.2. The number of nitrogens with one attached hydrogen (secondary N) is 1. The Kier molecular flexibility index (Phi) is 9.40. The molecule has 0 radical (unpaired) electrons. The van der Waals surface area contributed by atoms with Gasteiger partial charge in [0.25, 0.3) is 5.91 Å². The molecule has 1 amide bonds. The van der Waals surface area contributed by atoms with Gasteiger partial charge in [-0.15, -0.1) is 0 Å². The highest BCUT2D eigenvalue weighted by Gasteiger charge is 2.21. The quantitative estimate of drug-likeness (QED) is 0.492. The van der Waals surface area contributed by atoms with E-state index in [1.165, 1.54) is 29.2 Å². The molecule has 31 heavy (non-hydrogen) atoms. The van der Waals surface area contributed by atoms with Crippen LogP contribution in [0.5, 0.6) is 0 Å². The summed E-state index contributed by atoms with van der Waals surface area (Å²) in [5, 5.41) is 17.3. The first-order chi connectivity index (χ1) is 14.9. The molecule has 1 aliphatic rings. The second-order valence-electron chi connectivity index (χ2n) is 6.78. The maximum atomic E-state index is 12.4. The van der Waals surface area contributed by atoms with Crippen LogP contribution >= 0.6 is 0 Å². The van der Waals surface area contributed by atoms with Gasteiger partial charge in [0.15, 0.2) is 6.61 Å². The number of carbonyl (C=O) groups excluding carboxylic acids is 2. The van der Waals surface area contributed by atoms with Crippen molar-refractivity contribution in [2.75, 3.05) is 32.8 Å². The van der Waals surface area contributed by atoms with Gasteiger partial charge in [0.05, 0.1) is 41.5 Å². The molecule has 11 heteroatoms. The lowest BCUT2D eigenvalue weighted by Gasteiger charge is -2.20. The number of sulfonamides is 1.